The minimum absolute atomic E-state index is 0.00827. The van der Waals surface area contributed by atoms with E-state index in [-0.39, 0.29) is 11.3 Å². The lowest BCUT2D eigenvalue weighted by molar-refractivity contribution is -0.108. The van der Waals surface area contributed by atoms with Crippen molar-refractivity contribution < 1.29 is 18.0 Å². The van der Waals surface area contributed by atoms with Gasteiger partial charge in [0.05, 0.1) is 4.90 Å². The quantitative estimate of drug-likeness (QED) is 0.571. The lowest BCUT2D eigenvalue weighted by atomic mass is 9.97. The first-order valence-electron chi connectivity index (χ1n) is 7.71. The molecule has 0 saturated heterocycles. The third kappa shape index (κ3) is 3.79. The maximum absolute atomic E-state index is 13.0. The van der Waals surface area contributed by atoms with Crippen LogP contribution in [0.2, 0.25) is 0 Å². The van der Waals surface area contributed by atoms with Crippen LogP contribution in [0, 0.1) is 12.8 Å². The summed E-state index contributed by atoms with van der Waals surface area (Å²) in [6.45, 7) is 3.48. The Morgan fingerprint density at radius 1 is 1.04 bits per heavy atom. The van der Waals surface area contributed by atoms with Crippen molar-refractivity contribution in [2.24, 2.45) is 5.92 Å². The van der Waals surface area contributed by atoms with Crippen molar-refractivity contribution >= 4 is 21.9 Å². The molecule has 0 aliphatic heterocycles. The van der Waals surface area contributed by atoms with E-state index in [4.69, 9.17) is 0 Å². The van der Waals surface area contributed by atoms with E-state index in [0.717, 1.165) is 5.56 Å². The SMILES string of the molecule is Cc1ccc(S(=O)(=O)[C@H](C(=O)c2ccccc2)[C@H](C)CC=O)cc1. The van der Waals surface area contributed by atoms with Crippen molar-refractivity contribution in [1.82, 2.24) is 0 Å². The highest BCUT2D eigenvalue weighted by atomic mass is 32.2. The number of carbonyl (C=O) groups excluding carboxylic acids is 2. The van der Waals surface area contributed by atoms with Gasteiger partial charge in [-0.25, -0.2) is 8.42 Å². The summed E-state index contributed by atoms with van der Waals surface area (Å²) < 4.78 is 26.1. The smallest absolute Gasteiger partial charge is 0.188 e. The molecule has 5 heteroatoms. The van der Waals surface area contributed by atoms with Gasteiger partial charge in [0.1, 0.15) is 11.5 Å². The molecular formula is C19H20O4S. The Hall–Kier alpha value is -2.27. The summed E-state index contributed by atoms with van der Waals surface area (Å²) in [6.07, 6.45) is 0.662. The second-order valence-corrected chi connectivity index (χ2v) is 7.96. The van der Waals surface area contributed by atoms with Crippen LogP contribution < -0.4 is 0 Å². The molecule has 2 atom stereocenters. The van der Waals surface area contributed by atoms with Gasteiger partial charge in [-0.05, 0) is 25.0 Å². The highest BCUT2D eigenvalue weighted by Gasteiger charge is 2.38. The molecule has 0 radical (unpaired) electrons. The molecule has 0 unspecified atom stereocenters. The van der Waals surface area contributed by atoms with Crippen LogP contribution in [-0.2, 0) is 14.6 Å². The number of aryl methyl sites for hydroxylation is 1. The van der Waals surface area contributed by atoms with Crippen LogP contribution in [-0.4, -0.2) is 25.7 Å². The molecule has 4 nitrogen and oxygen atoms in total. The molecule has 2 rings (SSSR count). The van der Waals surface area contributed by atoms with Crippen LogP contribution >= 0.6 is 0 Å². The first kappa shape index (κ1) is 18.1. The van der Waals surface area contributed by atoms with Gasteiger partial charge in [-0.1, -0.05) is 55.0 Å². The number of benzene rings is 2. The van der Waals surface area contributed by atoms with Crippen LogP contribution in [0.3, 0.4) is 0 Å². The Morgan fingerprint density at radius 2 is 1.62 bits per heavy atom. The summed E-state index contributed by atoms with van der Waals surface area (Å²) >= 11 is 0. The van der Waals surface area contributed by atoms with Crippen molar-refractivity contribution in [3.63, 3.8) is 0 Å². The lowest BCUT2D eigenvalue weighted by Crippen LogP contribution is -2.36. The predicted molar refractivity (Wildman–Crippen MR) is 92.8 cm³/mol. The second-order valence-electron chi connectivity index (χ2n) is 5.89. The van der Waals surface area contributed by atoms with E-state index < -0.39 is 26.8 Å². The Morgan fingerprint density at radius 3 is 2.17 bits per heavy atom. The molecule has 0 spiro atoms. The van der Waals surface area contributed by atoms with E-state index in [2.05, 4.69) is 0 Å². The van der Waals surface area contributed by atoms with E-state index in [1.165, 1.54) is 12.1 Å². The van der Waals surface area contributed by atoms with Gasteiger partial charge in [-0.15, -0.1) is 0 Å². The Balaban J connectivity index is 2.51. The van der Waals surface area contributed by atoms with Crippen LogP contribution in [0.4, 0.5) is 0 Å². The van der Waals surface area contributed by atoms with Gasteiger partial charge in [-0.3, -0.25) is 4.79 Å². The van der Waals surface area contributed by atoms with E-state index >= 15 is 0 Å². The molecule has 0 N–H and O–H groups in total. The van der Waals surface area contributed by atoms with E-state index in [1.54, 1.807) is 49.4 Å². The van der Waals surface area contributed by atoms with E-state index in [1.807, 2.05) is 6.92 Å². The van der Waals surface area contributed by atoms with Crippen LogP contribution in [0.15, 0.2) is 59.5 Å². The van der Waals surface area contributed by atoms with Gasteiger partial charge in [0, 0.05) is 12.0 Å². The molecule has 2 aromatic rings. The summed E-state index contributed by atoms with van der Waals surface area (Å²) in [5.41, 5.74) is 1.26. The van der Waals surface area contributed by atoms with Crippen molar-refractivity contribution in [1.29, 1.82) is 0 Å². The van der Waals surface area contributed by atoms with E-state index in [9.17, 15) is 18.0 Å². The number of sulfone groups is 1. The molecule has 0 heterocycles. The Labute approximate surface area is 142 Å². The molecule has 0 fully saturated rings. The highest BCUT2D eigenvalue weighted by molar-refractivity contribution is 7.92. The molecule has 0 saturated carbocycles. The average Bonchev–Trinajstić information content (AvgIpc) is 2.56. The number of Topliss-reactive ketones (excluding diaryl/α,β-unsaturated/α-hetero) is 1. The third-order valence-electron chi connectivity index (χ3n) is 3.99. The van der Waals surface area contributed by atoms with Gasteiger partial charge < -0.3 is 4.79 Å². The zero-order valence-corrected chi connectivity index (χ0v) is 14.5. The molecule has 0 amide bonds. The number of rotatable bonds is 7. The topological polar surface area (TPSA) is 68.3 Å². The van der Waals surface area contributed by atoms with E-state index in [0.29, 0.717) is 11.8 Å². The van der Waals surface area contributed by atoms with Crippen LogP contribution in [0.5, 0.6) is 0 Å². The fourth-order valence-electron chi connectivity index (χ4n) is 2.62. The predicted octanol–water partition coefficient (Wildman–Crippen LogP) is 3.25. The van der Waals surface area contributed by atoms with Gasteiger partial charge in [0.25, 0.3) is 0 Å². The second kappa shape index (κ2) is 7.53. The molecule has 0 bridgehead atoms. The standard InChI is InChI=1S/C19H20O4S/c1-14-8-10-17(11-9-14)24(22,23)19(15(2)12-13-20)18(21)16-6-4-3-5-7-16/h3-11,13,15,19H,12H2,1-2H3/t15-,19+/m1/s1. The zero-order chi connectivity index (χ0) is 17.7. The monoisotopic (exact) mass is 344 g/mol. The molecule has 0 aliphatic rings. The highest BCUT2D eigenvalue weighted by Crippen LogP contribution is 2.26. The number of hydrogen-bond acceptors (Lipinski definition) is 4. The van der Waals surface area contributed by atoms with Gasteiger partial charge >= 0.3 is 0 Å². The summed E-state index contributed by atoms with van der Waals surface area (Å²) in [6, 6.07) is 14.7. The summed E-state index contributed by atoms with van der Waals surface area (Å²) in [5.74, 6) is -1.09. The normalized spacial score (nSPS) is 13.9. The largest absolute Gasteiger partial charge is 0.303 e. The van der Waals surface area contributed by atoms with Crippen LogP contribution in [0.1, 0.15) is 29.3 Å². The minimum Gasteiger partial charge on any atom is -0.303 e. The summed E-state index contributed by atoms with van der Waals surface area (Å²) in [5, 5.41) is -1.28. The van der Waals surface area contributed by atoms with Crippen LogP contribution in [0.25, 0.3) is 0 Å². The molecule has 0 aromatic heterocycles. The van der Waals surface area contributed by atoms with Crippen molar-refractivity contribution in [3.05, 3.63) is 65.7 Å². The Kier molecular flexibility index (Phi) is 5.67. The fraction of sp³-hybridized carbons (Fsp3) is 0.263. The summed E-state index contributed by atoms with van der Waals surface area (Å²) in [4.78, 5) is 23.8. The molecule has 0 aliphatic carbocycles. The molecule has 2 aromatic carbocycles. The van der Waals surface area contributed by atoms with Gasteiger partial charge in [-0.2, -0.15) is 0 Å². The van der Waals surface area contributed by atoms with Crippen molar-refractivity contribution in [2.75, 3.05) is 0 Å². The number of hydrogen-bond donors (Lipinski definition) is 0. The average molecular weight is 344 g/mol. The molecular weight excluding hydrogens is 324 g/mol. The van der Waals surface area contributed by atoms with Gasteiger partial charge in [0.15, 0.2) is 15.6 Å². The lowest BCUT2D eigenvalue weighted by Gasteiger charge is -2.22. The first-order chi connectivity index (χ1) is 11.4. The zero-order valence-electron chi connectivity index (χ0n) is 13.7. The number of carbonyl (C=O) groups is 2. The van der Waals surface area contributed by atoms with Crippen molar-refractivity contribution in [2.45, 2.75) is 30.4 Å². The maximum Gasteiger partial charge on any atom is 0.188 e. The maximum atomic E-state index is 13.0. The third-order valence-corrected chi connectivity index (χ3v) is 6.26. The number of ketones is 1. The van der Waals surface area contributed by atoms with Crippen molar-refractivity contribution in [3.8, 4) is 0 Å². The Bertz CT molecular complexity index is 808. The van der Waals surface area contributed by atoms with Gasteiger partial charge in [0.2, 0.25) is 0 Å². The molecule has 126 valence electrons. The number of aldehydes is 1. The summed E-state index contributed by atoms with van der Waals surface area (Å²) in [7, 11) is -3.90. The first-order valence-corrected chi connectivity index (χ1v) is 9.26. The fourth-order valence-corrected chi connectivity index (χ4v) is 4.57. The molecule has 24 heavy (non-hydrogen) atoms. The minimum atomic E-state index is -3.90.